The zero-order valence-corrected chi connectivity index (χ0v) is 14.7. The fraction of sp³-hybridized carbons (Fsp3) is 0.800. The Morgan fingerprint density at radius 3 is 2.68 bits per heavy atom. The van der Waals surface area contributed by atoms with Gasteiger partial charge >= 0.3 is 0 Å². The summed E-state index contributed by atoms with van der Waals surface area (Å²) >= 11 is 0. The molecule has 1 N–H and O–H groups in total. The molecule has 1 fully saturated rings. The maximum absolute atomic E-state index is 12.5. The number of unbranched alkanes of at least 4 members (excludes halogenated alkanes) is 1. The Morgan fingerprint density at radius 1 is 1.36 bits per heavy atom. The van der Waals surface area contributed by atoms with Gasteiger partial charge in [-0.15, -0.1) is 0 Å². The number of aryl methyl sites for hydroxylation is 2. The van der Waals surface area contributed by atoms with Crippen molar-refractivity contribution in [2.45, 2.75) is 63.9 Å². The zero-order chi connectivity index (χ0) is 16.2. The molecule has 0 saturated carbocycles. The minimum absolute atomic E-state index is 0.229. The van der Waals surface area contributed by atoms with Gasteiger partial charge < -0.3 is 0 Å². The number of nitrogens with zero attached hydrogens (tertiary/aromatic N) is 3. The second-order valence-corrected chi connectivity index (χ2v) is 7.87. The number of sulfonamides is 1. The van der Waals surface area contributed by atoms with E-state index in [2.05, 4.69) is 28.6 Å². The molecule has 1 aromatic heterocycles. The minimum Gasteiger partial charge on any atom is -0.299 e. The predicted molar refractivity (Wildman–Crippen MR) is 87.3 cm³/mol. The number of likely N-dealkylation sites (tertiary alicyclic amines) is 1. The van der Waals surface area contributed by atoms with E-state index in [0.29, 0.717) is 17.1 Å². The van der Waals surface area contributed by atoms with Crippen LogP contribution >= 0.6 is 0 Å². The molecule has 2 rings (SSSR count). The molecular weight excluding hydrogens is 300 g/mol. The topological polar surface area (TPSA) is 67.2 Å². The lowest BCUT2D eigenvalue weighted by Crippen LogP contribution is -2.40. The van der Waals surface area contributed by atoms with E-state index >= 15 is 0 Å². The average Bonchev–Trinajstić information content (AvgIpc) is 3.12. The van der Waals surface area contributed by atoms with Crippen LogP contribution in [-0.2, 0) is 16.6 Å². The highest BCUT2D eigenvalue weighted by molar-refractivity contribution is 7.89. The normalized spacial score (nSPS) is 18.0. The molecule has 0 spiro atoms. The van der Waals surface area contributed by atoms with Crippen LogP contribution in [0.5, 0.6) is 0 Å². The van der Waals surface area contributed by atoms with Crippen molar-refractivity contribution in [1.29, 1.82) is 0 Å². The summed E-state index contributed by atoms with van der Waals surface area (Å²) in [5.41, 5.74) is 0.567. The summed E-state index contributed by atoms with van der Waals surface area (Å²) in [6.45, 7) is 9.27. The van der Waals surface area contributed by atoms with Gasteiger partial charge in [-0.1, -0.05) is 13.3 Å². The molecule has 1 saturated heterocycles. The van der Waals surface area contributed by atoms with Gasteiger partial charge in [0.1, 0.15) is 4.90 Å². The molecule has 0 unspecified atom stereocenters. The van der Waals surface area contributed by atoms with Crippen molar-refractivity contribution in [3.63, 3.8) is 0 Å². The molecule has 2 heterocycles. The third-order valence-electron chi connectivity index (χ3n) is 4.26. The first kappa shape index (κ1) is 17.4. The molecule has 126 valence electrons. The molecule has 1 atom stereocenters. The van der Waals surface area contributed by atoms with Gasteiger partial charge in [-0.2, -0.15) is 5.10 Å². The van der Waals surface area contributed by atoms with Crippen LogP contribution in [0, 0.1) is 6.92 Å². The first-order chi connectivity index (χ1) is 10.4. The first-order valence-electron chi connectivity index (χ1n) is 8.22. The van der Waals surface area contributed by atoms with Crippen LogP contribution in [-0.4, -0.2) is 48.8 Å². The van der Waals surface area contributed by atoms with Crippen molar-refractivity contribution in [3.05, 3.63) is 11.9 Å². The lowest BCUT2D eigenvalue weighted by atomic mass is 10.3. The number of hydrogen-bond donors (Lipinski definition) is 1. The Bertz CT molecular complexity index is 576. The molecular formula is C15H28N4O2S. The van der Waals surface area contributed by atoms with Crippen LogP contribution in [0.4, 0.5) is 0 Å². The Balaban J connectivity index is 1.98. The van der Waals surface area contributed by atoms with E-state index in [1.165, 1.54) is 12.8 Å². The largest absolute Gasteiger partial charge is 0.299 e. The van der Waals surface area contributed by atoms with E-state index < -0.39 is 10.0 Å². The van der Waals surface area contributed by atoms with Gasteiger partial charge in [0.15, 0.2) is 0 Å². The second kappa shape index (κ2) is 7.57. The van der Waals surface area contributed by atoms with E-state index in [0.717, 1.165) is 32.5 Å². The van der Waals surface area contributed by atoms with Crippen LogP contribution < -0.4 is 4.72 Å². The van der Waals surface area contributed by atoms with E-state index in [4.69, 9.17) is 0 Å². The summed E-state index contributed by atoms with van der Waals surface area (Å²) in [4.78, 5) is 2.64. The molecule has 22 heavy (non-hydrogen) atoms. The Labute approximate surface area is 133 Å². The molecule has 0 amide bonds. The van der Waals surface area contributed by atoms with Crippen molar-refractivity contribution >= 4 is 10.0 Å². The summed E-state index contributed by atoms with van der Waals surface area (Å²) in [6.07, 6.45) is 6.13. The fourth-order valence-corrected chi connectivity index (χ4v) is 4.12. The molecule has 0 aromatic carbocycles. The predicted octanol–water partition coefficient (Wildman–Crippen LogP) is 1.75. The molecule has 0 radical (unpaired) electrons. The lowest BCUT2D eigenvalue weighted by molar-refractivity contribution is 0.260. The van der Waals surface area contributed by atoms with Crippen molar-refractivity contribution in [1.82, 2.24) is 19.4 Å². The van der Waals surface area contributed by atoms with Crippen LogP contribution in [0.1, 0.15) is 45.2 Å². The SMILES string of the molecule is CCCCn1cc(S(=O)(=O)NC[C@@H](C)N2CCCC2)c(C)n1. The summed E-state index contributed by atoms with van der Waals surface area (Å²) in [7, 11) is -3.48. The third kappa shape index (κ3) is 4.30. The molecule has 1 aliphatic heterocycles. The zero-order valence-electron chi connectivity index (χ0n) is 13.9. The van der Waals surface area contributed by atoms with Crippen molar-refractivity contribution in [3.8, 4) is 0 Å². The maximum atomic E-state index is 12.5. The van der Waals surface area contributed by atoms with Gasteiger partial charge in [-0.05, 0) is 46.2 Å². The van der Waals surface area contributed by atoms with Crippen LogP contribution in [0.15, 0.2) is 11.1 Å². The summed E-state index contributed by atoms with van der Waals surface area (Å²) in [6, 6.07) is 0.229. The monoisotopic (exact) mass is 328 g/mol. The van der Waals surface area contributed by atoms with Crippen LogP contribution in [0.2, 0.25) is 0 Å². The Kier molecular flexibility index (Phi) is 6.00. The molecule has 0 bridgehead atoms. The van der Waals surface area contributed by atoms with Crippen LogP contribution in [0.3, 0.4) is 0 Å². The summed E-state index contributed by atoms with van der Waals surface area (Å²) in [5, 5.41) is 4.31. The third-order valence-corrected chi connectivity index (χ3v) is 5.79. The van der Waals surface area contributed by atoms with Crippen molar-refractivity contribution < 1.29 is 8.42 Å². The van der Waals surface area contributed by atoms with Gasteiger partial charge in [0, 0.05) is 25.3 Å². The van der Waals surface area contributed by atoms with Crippen molar-refractivity contribution in [2.24, 2.45) is 0 Å². The maximum Gasteiger partial charge on any atom is 0.244 e. The van der Waals surface area contributed by atoms with Gasteiger partial charge in [0.25, 0.3) is 0 Å². The summed E-state index contributed by atoms with van der Waals surface area (Å²) in [5.74, 6) is 0. The smallest absolute Gasteiger partial charge is 0.244 e. The van der Waals surface area contributed by atoms with E-state index in [1.807, 2.05) is 0 Å². The van der Waals surface area contributed by atoms with Gasteiger partial charge in [0.2, 0.25) is 10.0 Å². The van der Waals surface area contributed by atoms with E-state index in [9.17, 15) is 8.42 Å². The fourth-order valence-electron chi connectivity index (χ4n) is 2.82. The van der Waals surface area contributed by atoms with Gasteiger partial charge in [-0.25, -0.2) is 13.1 Å². The Hall–Kier alpha value is -0.920. The summed E-state index contributed by atoms with van der Waals surface area (Å²) < 4.78 is 29.4. The molecule has 6 nitrogen and oxygen atoms in total. The number of nitrogens with one attached hydrogen (secondary N) is 1. The molecule has 7 heteroatoms. The van der Waals surface area contributed by atoms with Gasteiger partial charge in [-0.3, -0.25) is 9.58 Å². The number of rotatable bonds is 8. The van der Waals surface area contributed by atoms with Crippen molar-refractivity contribution in [2.75, 3.05) is 19.6 Å². The van der Waals surface area contributed by atoms with E-state index in [-0.39, 0.29) is 6.04 Å². The highest BCUT2D eigenvalue weighted by atomic mass is 32.2. The molecule has 0 aliphatic carbocycles. The minimum atomic E-state index is -3.48. The van der Waals surface area contributed by atoms with Crippen LogP contribution in [0.25, 0.3) is 0 Å². The number of aromatic nitrogens is 2. The Morgan fingerprint density at radius 2 is 2.05 bits per heavy atom. The standard InChI is InChI=1S/C15H28N4O2S/c1-4-5-10-19-12-15(14(3)17-19)22(20,21)16-11-13(2)18-8-6-7-9-18/h12-13,16H,4-11H2,1-3H3/t13-/m1/s1. The lowest BCUT2D eigenvalue weighted by Gasteiger charge is -2.23. The van der Waals surface area contributed by atoms with Gasteiger partial charge in [0.05, 0.1) is 5.69 Å². The molecule has 1 aromatic rings. The average molecular weight is 328 g/mol. The number of hydrogen-bond acceptors (Lipinski definition) is 4. The molecule has 1 aliphatic rings. The highest BCUT2D eigenvalue weighted by Crippen LogP contribution is 2.15. The second-order valence-electron chi connectivity index (χ2n) is 6.14. The quantitative estimate of drug-likeness (QED) is 0.789. The highest BCUT2D eigenvalue weighted by Gasteiger charge is 2.23. The van der Waals surface area contributed by atoms with E-state index in [1.54, 1.807) is 17.8 Å². The first-order valence-corrected chi connectivity index (χ1v) is 9.70.